The first-order chi connectivity index (χ1) is 12.9. The molecule has 27 heavy (non-hydrogen) atoms. The smallest absolute Gasteiger partial charge is 0.251 e. The molecule has 0 aromatic heterocycles. The van der Waals surface area contributed by atoms with Crippen molar-refractivity contribution in [3.8, 4) is 0 Å². The van der Waals surface area contributed by atoms with Crippen LogP contribution in [0.15, 0.2) is 24.3 Å². The van der Waals surface area contributed by atoms with E-state index < -0.39 is 5.54 Å². The number of hydrogen-bond donors (Lipinski definition) is 3. The summed E-state index contributed by atoms with van der Waals surface area (Å²) in [6, 6.07) is 7.23. The van der Waals surface area contributed by atoms with Gasteiger partial charge in [-0.3, -0.25) is 19.3 Å². The van der Waals surface area contributed by atoms with Gasteiger partial charge in [-0.05, 0) is 44.4 Å². The lowest BCUT2D eigenvalue weighted by Gasteiger charge is -2.43. The Morgan fingerprint density at radius 3 is 2.81 bits per heavy atom. The molecule has 3 rings (SSSR count). The molecule has 146 valence electrons. The van der Waals surface area contributed by atoms with Gasteiger partial charge in [0, 0.05) is 30.4 Å². The Bertz CT molecular complexity index is 732. The third-order valence-electron chi connectivity index (χ3n) is 5.25. The zero-order chi connectivity index (χ0) is 19.4. The highest BCUT2D eigenvalue weighted by Crippen LogP contribution is 2.24. The van der Waals surface area contributed by atoms with E-state index in [0.29, 0.717) is 30.8 Å². The van der Waals surface area contributed by atoms with Crippen LogP contribution in [0.2, 0.25) is 0 Å². The summed E-state index contributed by atoms with van der Waals surface area (Å²) >= 11 is 0. The molecule has 2 aliphatic rings. The van der Waals surface area contributed by atoms with E-state index >= 15 is 0 Å². The zero-order valence-corrected chi connectivity index (χ0v) is 16.0. The van der Waals surface area contributed by atoms with Gasteiger partial charge in [0.05, 0.1) is 12.1 Å². The number of nitrogens with one attached hydrogen (secondary N) is 3. The Morgan fingerprint density at radius 1 is 1.33 bits per heavy atom. The van der Waals surface area contributed by atoms with Crippen molar-refractivity contribution in [3.63, 3.8) is 0 Å². The highest BCUT2D eigenvalue weighted by atomic mass is 16.2. The van der Waals surface area contributed by atoms with Gasteiger partial charge in [-0.25, -0.2) is 0 Å². The molecular weight excluding hydrogens is 344 g/mol. The van der Waals surface area contributed by atoms with Crippen molar-refractivity contribution < 1.29 is 14.4 Å². The van der Waals surface area contributed by atoms with Crippen LogP contribution in [0.4, 0.5) is 5.69 Å². The van der Waals surface area contributed by atoms with Crippen LogP contribution in [-0.2, 0) is 9.59 Å². The van der Waals surface area contributed by atoms with Gasteiger partial charge in [0.2, 0.25) is 11.8 Å². The van der Waals surface area contributed by atoms with Crippen LogP contribution >= 0.6 is 0 Å². The maximum absolute atomic E-state index is 12.6. The number of piperazine rings is 1. The SMILES string of the molecule is CCC[C@@]1(C)C(=O)NCCN1CC(=O)Nc1cccc(C(=O)NC2CC2)c1. The van der Waals surface area contributed by atoms with Crippen molar-refractivity contribution in [1.82, 2.24) is 15.5 Å². The summed E-state index contributed by atoms with van der Waals surface area (Å²) in [5, 5.41) is 8.69. The third kappa shape index (κ3) is 4.66. The second kappa shape index (κ2) is 8.08. The molecule has 1 aromatic carbocycles. The van der Waals surface area contributed by atoms with Gasteiger partial charge >= 0.3 is 0 Å². The van der Waals surface area contributed by atoms with E-state index in [1.54, 1.807) is 24.3 Å². The fourth-order valence-electron chi connectivity index (χ4n) is 3.51. The minimum absolute atomic E-state index is 0.0258. The number of amides is 3. The summed E-state index contributed by atoms with van der Waals surface area (Å²) < 4.78 is 0. The van der Waals surface area contributed by atoms with E-state index in [9.17, 15) is 14.4 Å². The lowest BCUT2D eigenvalue weighted by atomic mass is 9.90. The second-order valence-electron chi connectivity index (χ2n) is 7.58. The molecule has 0 spiro atoms. The fourth-order valence-corrected chi connectivity index (χ4v) is 3.51. The van der Waals surface area contributed by atoms with E-state index in [2.05, 4.69) is 16.0 Å². The molecule has 2 fully saturated rings. The lowest BCUT2D eigenvalue weighted by molar-refractivity contribution is -0.138. The molecule has 1 atom stereocenters. The first-order valence-corrected chi connectivity index (χ1v) is 9.66. The maximum Gasteiger partial charge on any atom is 0.251 e. The molecule has 1 heterocycles. The van der Waals surface area contributed by atoms with Gasteiger partial charge in [0.25, 0.3) is 5.91 Å². The van der Waals surface area contributed by atoms with Crippen molar-refractivity contribution in [2.24, 2.45) is 0 Å². The van der Waals surface area contributed by atoms with Crippen LogP contribution in [0.25, 0.3) is 0 Å². The molecule has 3 amide bonds. The summed E-state index contributed by atoms with van der Waals surface area (Å²) in [5.41, 5.74) is 0.450. The van der Waals surface area contributed by atoms with Crippen LogP contribution in [0.1, 0.15) is 49.9 Å². The predicted octanol–water partition coefficient (Wildman–Crippen LogP) is 1.51. The zero-order valence-electron chi connectivity index (χ0n) is 16.0. The van der Waals surface area contributed by atoms with E-state index in [1.165, 1.54) is 0 Å². The average Bonchev–Trinajstić information content (AvgIpc) is 3.44. The molecular formula is C20H28N4O3. The molecule has 1 aliphatic carbocycles. The summed E-state index contributed by atoms with van der Waals surface area (Å²) in [7, 11) is 0. The molecule has 1 aromatic rings. The average molecular weight is 372 g/mol. The minimum atomic E-state index is -0.670. The Morgan fingerprint density at radius 2 is 2.11 bits per heavy atom. The summed E-state index contributed by atoms with van der Waals surface area (Å²) in [5.74, 6) is -0.328. The first-order valence-electron chi connectivity index (χ1n) is 9.66. The van der Waals surface area contributed by atoms with E-state index in [4.69, 9.17) is 0 Å². The highest BCUT2D eigenvalue weighted by Gasteiger charge is 2.41. The Kier molecular flexibility index (Phi) is 5.79. The van der Waals surface area contributed by atoms with Crippen molar-refractivity contribution in [3.05, 3.63) is 29.8 Å². The first kappa shape index (κ1) is 19.4. The Labute approximate surface area is 159 Å². The molecule has 7 nitrogen and oxygen atoms in total. The van der Waals surface area contributed by atoms with E-state index in [-0.39, 0.29) is 30.3 Å². The molecule has 1 saturated heterocycles. The van der Waals surface area contributed by atoms with Crippen molar-refractivity contribution >= 4 is 23.4 Å². The number of carbonyl (C=O) groups is 3. The minimum Gasteiger partial charge on any atom is -0.353 e. The largest absolute Gasteiger partial charge is 0.353 e. The number of benzene rings is 1. The van der Waals surface area contributed by atoms with Gasteiger partial charge < -0.3 is 16.0 Å². The maximum atomic E-state index is 12.6. The van der Waals surface area contributed by atoms with Gasteiger partial charge in [-0.15, -0.1) is 0 Å². The van der Waals surface area contributed by atoms with E-state index in [1.807, 2.05) is 18.7 Å². The lowest BCUT2D eigenvalue weighted by Crippen LogP contribution is -2.64. The quantitative estimate of drug-likeness (QED) is 0.677. The van der Waals surface area contributed by atoms with Gasteiger partial charge in [0.15, 0.2) is 0 Å². The predicted molar refractivity (Wildman–Crippen MR) is 103 cm³/mol. The second-order valence-corrected chi connectivity index (χ2v) is 7.58. The highest BCUT2D eigenvalue weighted by molar-refractivity contribution is 5.98. The number of rotatable bonds is 7. The van der Waals surface area contributed by atoms with Crippen molar-refractivity contribution in [1.29, 1.82) is 0 Å². The monoisotopic (exact) mass is 372 g/mol. The van der Waals surface area contributed by atoms with Crippen molar-refractivity contribution in [2.75, 3.05) is 25.0 Å². The normalized spacial score (nSPS) is 22.8. The number of hydrogen-bond acceptors (Lipinski definition) is 4. The Hall–Kier alpha value is -2.41. The molecule has 0 radical (unpaired) electrons. The van der Waals surface area contributed by atoms with Gasteiger partial charge in [-0.2, -0.15) is 0 Å². The van der Waals surface area contributed by atoms with Crippen LogP contribution in [0.3, 0.4) is 0 Å². The number of carbonyl (C=O) groups excluding carboxylic acids is 3. The van der Waals surface area contributed by atoms with Crippen LogP contribution in [0.5, 0.6) is 0 Å². The third-order valence-corrected chi connectivity index (χ3v) is 5.25. The van der Waals surface area contributed by atoms with E-state index in [0.717, 1.165) is 19.3 Å². The van der Waals surface area contributed by atoms with Crippen LogP contribution in [-0.4, -0.2) is 53.8 Å². The summed E-state index contributed by atoms with van der Waals surface area (Å²) in [6.45, 7) is 5.24. The number of nitrogens with zero attached hydrogens (tertiary/aromatic N) is 1. The van der Waals surface area contributed by atoms with Gasteiger partial charge in [0.1, 0.15) is 0 Å². The van der Waals surface area contributed by atoms with Gasteiger partial charge in [-0.1, -0.05) is 19.4 Å². The Balaban J connectivity index is 1.63. The standard InChI is InChI=1S/C20H28N4O3/c1-3-9-20(2)19(27)21-10-11-24(20)13-17(25)22-16-6-4-5-14(12-16)18(26)23-15-7-8-15/h4-6,12,15H,3,7-11,13H2,1-2H3,(H,21,27)(H,22,25)(H,23,26)/t20-/m0/s1. The molecule has 0 bridgehead atoms. The molecule has 1 saturated carbocycles. The summed E-state index contributed by atoms with van der Waals surface area (Å²) in [6.07, 6.45) is 3.62. The topological polar surface area (TPSA) is 90.5 Å². The fraction of sp³-hybridized carbons (Fsp3) is 0.550. The summed E-state index contributed by atoms with van der Waals surface area (Å²) in [4.78, 5) is 39.0. The van der Waals surface area contributed by atoms with Crippen LogP contribution < -0.4 is 16.0 Å². The molecule has 7 heteroatoms. The molecule has 1 aliphatic heterocycles. The molecule has 0 unspecified atom stereocenters. The van der Waals surface area contributed by atoms with Crippen molar-refractivity contribution in [2.45, 2.75) is 51.1 Å². The molecule has 3 N–H and O–H groups in total. The number of anilines is 1. The van der Waals surface area contributed by atoms with Crippen LogP contribution in [0, 0.1) is 0 Å².